The third-order valence-electron chi connectivity index (χ3n) is 4.40. The largest absolute Gasteiger partial charge is 0.389 e. The third kappa shape index (κ3) is 3.84. The number of carbonyl (C=O) groups excluding carboxylic acids is 2. The molecule has 0 bridgehead atoms. The number of carbonyl (C=O) groups is 2. The molecular formula is C16H19FN2O3S. The molecule has 2 fully saturated rings. The van der Waals surface area contributed by atoms with E-state index in [1.165, 1.54) is 12.1 Å². The zero-order valence-corrected chi connectivity index (χ0v) is 13.4. The second-order valence-electron chi connectivity index (χ2n) is 6.15. The minimum absolute atomic E-state index is 0.0869. The van der Waals surface area contributed by atoms with Crippen LogP contribution < -0.4 is 5.32 Å². The van der Waals surface area contributed by atoms with Gasteiger partial charge in [0, 0.05) is 25.3 Å². The topological polar surface area (TPSA) is 69.6 Å². The van der Waals surface area contributed by atoms with Crippen molar-refractivity contribution in [1.82, 2.24) is 10.2 Å². The van der Waals surface area contributed by atoms with E-state index in [4.69, 9.17) is 0 Å². The van der Waals surface area contributed by atoms with Gasteiger partial charge in [-0.2, -0.15) is 0 Å². The first kappa shape index (κ1) is 16.3. The molecule has 1 aromatic rings. The zero-order valence-electron chi connectivity index (χ0n) is 12.6. The smallest absolute Gasteiger partial charge is 0.279 e. The number of aliphatic hydroxyl groups is 1. The van der Waals surface area contributed by atoms with Crippen LogP contribution in [0.4, 0.5) is 9.18 Å². The molecule has 124 valence electrons. The van der Waals surface area contributed by atoms with Crippen LogP contribution in [0.3, 0.4) is 0 Å². The summed E-state index contributed by atoms with van der Waals surface area (Å²) in [5, 5.41) is 13.2. The van der Waals surface area contributed by atoms with Gasteiger partial charge in [0.1, 0.15) is 11.9 Å². The van der Waals surface area contributed by atoms with Gasteiger partial charge < -0.3 is 15.3 Å². The maximum absolute atomic E-state index is 13.2. The van der Waals surface area contributed by atoms with E-state index in [9.17, 15) is 19.1 Å². The van der Waals surface area contributed by atoms with Crippen LogP contribution in [0, 0.1) is 5.82 Å². The van der Waals surface area contributed by atoms with Crippen LogP contribution in [0.25, 0.3) is 0 Å². The van der Waals surface area contributed by atoms with E-state index >= 15 is 0 Å². The van der Waals surface area contributed by atoms with Crippen LogP contribution in [0.5, 0.6) is 0 Å². The first-order chi connectivity index (χ1) is 11.0. The van der Waals surface area contributed by atoms with Crippen LogP contribution >= 0.6 is 11.8 Å². The van der Waals surface area contributed by atoms with Crippen LogP contribution in [0.2, 0.25) is 0 Å². The molecule has 0 aliphatic carbocycles. The predicted molar refractivity (Wildman–Crippen MR) is 85.6 cm³/mol. The van der Waals surface area contributed by atoms with Gasteiger partial charge in [0.15, 0.2) is 0 Å². The molecule has 5 nitrogen and oxygen atoms in total. The molecular weight excluding hydrogens is 319 g/mol. The highest BCUT2D eigenvalue weighted by molar-refractivity contribution is 8.14. The van der Waals surface area contributed by atoms with Gasteiger partial charge in [-0.05, 0) is 30.5 Å². The Morgan fingerprint density at radius 3 is 2.78 bits per heavy atom. The lowest BCUT2D eigenvalue weighted by Gasteiger charge is -2.39. The van der Waals surface area contributed by atoms with Gasteiger partial charge >= 0.3 is 0 Å². The van der Waals surface area contributed by atoms with Crippen molar-refractivity contribution in [1.29, 1.82) is 0 Å². The SMILES string of the molecule is O=C1N[C@@H](C(=O)N2CCC(O)(Cc3cccc(F)c3)CC2)CS1. The van der Waals surface area contributed by atoms with Gasteiger partial charge in [0.2, 0.25) is 5.91 Å². The average Bonchev–Trinajstić information content (AvgIpc) is 2.93. The first-order valence-electron chi connectivity index (χ1n) is 7.64. The summed E-state index contributed by atoms with van der Waals surface area (Å²) >= 11 is 1.12. The van der Waals surface area contributed by atoms with Crippen LogP contribution in [0.15, 0.2) is 24.3 Å². The summed E-state index contributed by atoms with van der Waals surface area (Å²) in [5.41, 5.74) is -0.162. The van der Waals surface area contributed by atoms with Gasteiger partial charge in [-0.3, -0.25) is 9.59 Å². The molecule has 1 atom stereocenters. The molecule has 7 heteroatoms. The van der Waals surface area contributed by atoms with Crippen LogP contribution in [0.1, 0.15) is 18.4 Å². The molecule has 0 radical (unpaired) electrons. The number of hydrogen-bond acceptors (Lipinski definition) is 4. The summed E-state index contributed by atoms with van der Waals surface area (Å²) in [6, 6.07) is 5.78. The number of amides is 2. The number of likely N-dealkylation sites (tertiary alicyclic amines) is 1. The second-order valence-corrected chi connectivity index (χ2v) is 7.14. The number of thioether (sulfide) groups is 1. The Hall–Kier alpha value is -1.60. The van der Waals surface area contributed by atoms with Crippen molar-refractivity contribution < 1.29 is 19.1 Å². The van der Waals surface area contributed by atoms with Crippen molar-refractivity contribution >= 4 is 22.9 Å². The van der Waals surface area contributed by atoms with Crippen molar-refractivity contribution in [2.45, 2.75) is 30.9 Å². The predicted octanol–water partition coefficient (Wildman–Crippen LogP) is 1.55. The van der Waals surface area contributed by atoms with Crippen LogP contribution in [-0.4, -0.2) is 51.6 Å². The Bertz CT molecular complexity index is 617. The molecule has 1 aromatic carbocycles. The van der Waals surface area contributed by atoms with E-state index < -0.39 is 11.6 Å². The van der Waals surface area contributed by atoms with Gasteiger partial charge in [0.05, 0.1) is 5.60 Å². The number of rotatable bonds is 3. The summed E-state index contributed by atoms with van der Waals surface area (Å²) < 4.78 is 13.2. The molecule has 2 heterocycles. The number of nitrogens with zero attached hydrogens (tertiary/aromatic N) is 1. The van der Waals surface area contributed by atoms with E-state index in [1.54, 1.807) is 17.0 Å². The lowest BCUT2D eigenvalue weighted by molar-refractivity contribution is -0.136. The summed E-state index contributed by atoms with van der Waals surface area (Å²) in [6.45, 7) is 0.892. The highest BCUT2D eigenvalue weighted by Gasteiger charge is 2.37. The van der Waals surface area contributed by atoms with E-state index in [0.717, 1.165) is 17.3 Å². The Balaban J connectivity index is 1.57. The van der Waals surface area contributed by atoms with Gasteiger partial charge in [-0.1, -0.05) is 23.9 Å². The fraction of sp³-hybridized carbons (Fsp3) is 0.500. The standard InChI is InChI=1S/C16H19FN2O3S/c17-12-3-1-2-11(8-12)9-16(22)4-6-19(7-5-16)14(20)13-10-23-15(21)18-13/h1-3,8,13,22H,4-7,9-10H2,(H,18,21)/t13-/m1/s1. The molecule has 0 aromatic heterocycles. The highest BCUT2D eigenvalue weighted by Crippen LogP contribution is 2.27. The molecule has 2 aliphatic heterocycles. The average molecular weight is 338 g/mol. The summed E-state index contributed by atoms with van der Waals surface area (Å²) in [7, 11) is 0. The van der Waals surface area contributed by atoms with E-state index in [-0.39, 0.29) is 17.0 Å². The Morgan fingerprint density at radius 1 is 1.43 bits per heavy atom. The third-order valence-corrected chi connectivity index (χ3v) is 5.28. The monoisotopic (exact) mass is 338 g/mol. The fourth-order valence-corrected chi connectivity index (χ4v) is 3.85. The van der Waals surface area contributed by atoms with Crippen molar-refractivity contribution in [3.63, 3.8) is 0 Å². The molecule has 0 saturated carbocycles. The molecule has 23 heavy (non-hydrogen) atoms. The normalized spacial score (nSPS) is 23.7. The lowest BCUT2D eigenvalue weighted by atomic mass is 9.85. The molecule has 2 amide bonds. The highest BCUT2D eigenvalue weighted by atomic mass is 32.2. The molecule has 2 N–H and O–H groups in total. The zero-order chi connectivity index (χ0) is 16.4. The molecule has 0 spiro atoms. The Labute approximate surface area is 138 Å². The molecule has 3 rings (SSSR count). The van der Waals surface area contributed by atoms with E-state index in [2.05, 4.69) is 5.32 Å². The fourth-order valence-electron chi connectivity index (χ4n) is 3.09. The number of nitrogens with one attached hydrogen (secondary N) is 1. The minimum atomic E-state index is -0.918. The second kappa shape index (κ2) is 6.49. The first-order valence-corrected chi connectivity index (χ1v) is 8.63. The number of piperidine rings is 1. The van der Waals surface area contributed by atoms with Crippen molar-refractivity contribution in [2.24, 2.45) is 0 Å². The van der Waals surface area contributed by atoms with Gasteiger partial charge in [-0.15, -0.1) is 0 Å². The molecule has 2 saturated heterocycles. The molecule has 0 unspecified atom stereocenters. The lowest BCUT2D eigenvalue weighted by Crippen LogP contribution is -2.52. The maximum atomic E-state index is 13.2. The van der Waals surface area contributed by atoms with Gasteiger partial charge in [-0.25, -0.2) is 4.39 Å². The summed E-state index contributed by atoms with van der Waals surface area (Å²) in [4.78, 5) is 25.2. The maximum Gasteiger partial charge on any atom is 0.279 e. The van der Waals surface area contributed by atoms with E-state index in [1.807, 2.05) is 0 Å². The van der Waals surface area contributed by atoms with E-state index in [0.29, 0.717) is 38.1 Å². The number of benzene rings is 1. The minimum Gasteiger partial charge on any atom is -0.389 e. The van der Waals surface area contributed by atoms with Crippen molar-refractivity contribution in [2.75, 3.05) is 18.8 Å². The summed E-state index contributed by atoms with van der Waals surface area (Å²) in [5.74, 6) is 0.0613. The summed E-state index contributed by atoms with van der Waals surface area (Å²) in [6.07, 6.45) is 1.27. The Kier molecular flexibility index (Phi) is 4.59. The quantitative estimate of drug-likeness (QED) is 0.877. The Morgan fingerprint density at radius 2 is 2.17 bits per heavy atom. The van der Waals surface area contributed by atoms with Crippen molar-refractivity contribution in [3.05, 3.63) is 35.6 Å². The van der Waals surface area contributed by atoms with Crippen LogP contribution in [-0.2, 0) is 11.2 Å². The number of halogens is 1. The molecule has 2 aliphatic rings. The van der Waals surface area contributed by atoms with Crippen molar-refractivity contribution in [3.8, 4) is 0 Å². The van der Waals surface area contributed by atoms with Gasteiger partial charge in [0.25, 0.3) is 5.24 Å². The number of hydrogen-bond donors (Lipinski definition) is 2.